The van der Waals surface area contributed by atoms with E-state index in [4.69, 9.17) is 5.11 Å². The van der Waals surface area contributed by atoms with E-state index in [1.165, 1.54) is 26.3 Å². The highest BCUT2D eigenvalue weighted by Gasteiger charge is 2.18. The first-order valence-corrected chi connectivity index (χ1v) is 5.19. The summed E-state index contributed by atoms with van der Waals surface area (Å²) in [7, 11) is 1.24. The molecular formula is C11H14N2O5. The first kappa shape index (κ1) is 13.9. The van der Waals surface area contributed by atoms with Crippen LogP contribution in [0.1, 0.15) is 27.8 Å². The molecule has 1 aromatic heterocycles. The van der Waals surface area contributed by atoms with Crippen LogP contribution in [0.25, 0.3) is 0 Å². The number of carbonyl (C=O) groups excluding carboxylic acids is 2. The van der Waals surface area contributed by atoms with Crippen molar-refractivity contribution in [2.75, 3.05) is 13.7 Å². The van der Waals surface area contributed by atoms with Crippen LogP contribution in [0.2, 0.25) is 0 Å². The topological polar surface area (TPSA) is 108 Å². The van der Waals surface area contributed by atoms with Gasteiger partial charge in [-0.2, -0.15) is 0 Å². The molecule has 18 heavy (non-hydrogen) atoms. The van der Waals surface area contributed by atoms with Crippen LogP contribution in [0.5, 0.6) is 0 Å². The molecule has 1 rings (SSSR count). The zero-order chi connectivity index (χ0) is 13.7. The highest BCUT2D eigenvalue weighted by molar-refractivity contribution is 5.99. The Morgan fingerprint density at radius 1 is 1.50 bits per heavy atom. The number of carboxylic acid groups (broad SMARTS) is 1. The zero-order valence-electron chi connectivity index (χ0n) is 10.0. The summed E-state index contributed by atoms with van der Waals surface area (Å²) in [4.78, 5) is 35.9. The first-order chi connectivity index (χ1) is 8.45. The van der Waals surface area contributed by atoms with Gasteiger partial charge in [-0.25, -0.2) is 4.79 Å². The van der Waals surface area contributed by atoms with E-state index >= 15 is 0 Å². The predicted molar refractivity (Wildman–Crippen MR) is 61.6 cm³/mol. The number of H-pyrrole nitrogens is 1. The van der Waals surface area contributed by atoms with Crippen LogP contribution >= 0.6 is 0 Å². The van der Waals surface area contributed by atoms with Gasteiger partial charge >= 0.3 is 5.97 Å². The van der Waals surface area contributed by atoms with Crippen molar-refractivity contribution in [1.29, 1.82) is 0 Å². The SMILES string of the molecule is COC(CNC(=O)c1cc(C(C)=O)c[nH]1)C(=O)O. The van der Waals surface area contributed by atoms with Crippen molar-refractivity contribution in [1.82, 2.24) is 10.3 Å². The number of methoxy groups -OCH3 is 1. The Bertz CT molecular complexity index is 466. The fourth-order valence-corrected chi connectivity index (χ4v) is 1.28. The van der Waals surface area contributed by atoms with Gasteiger partial charge in [0.25, 0.3) is 5.91 Å². The summed E-state index contributed by atoms with van der Waals surface area (Å²) >= 11 is 0. The first-order valence-electron chi connectivity index (χ1n) is 5.19. The Balaban J connectivity index is 2.59. The molecule has 1 heterocycles. The van der Waals surface area contributed by atoms with E-state index in [1.54, 1.807) is 0 Å². The van der Waals surface area contributed by atoms with Gasteiger partial charge in [0.05, 0.1) is 6.54 Å². The van der Waals surface area contributed by atoms with Gasteiger partial charge in [0.2, 0.25) is 0 Å². The van der Waals surface area contributed by atoms with E-state index in [-0.39, 0.29) is 18.0 Å². The summed E-state index contributed by atoms with van der Waals surface area (Å²) in [5.74, 6) is -1.81. The number of aromatic nitrogens is 1. The van der Waals surface area contributed by atoms with Gasteiger partial charge in [-0.15, -0.1) is 0 Å². The van der Waals surface area contributed by atoms with Crippen molar-refractivity contribution in [3.8, 4) is 0 Å². The van der Waals surface area contributed by atoms with Crippen molar-refractivity contribution in [2.24, 2.45) is 0 Å². The van der Waals surface area contributed by atoms with Crippen molar-refractivity contribution in [3.63, 3.8) is 0 Å². The predicted octanol–water partition coefficient (Wildman–Crippen LogP) is 0.0467. The molecule has 98 valence electrons. The summed E-state index contributed by atoms with van der Waals surface area (Å²) in [6, 6.07) is 1.40. The second kappa shape index (κ2) is 5.97. The molecule has 0 aromatic carbocycles. The number of ether oxygens (including phenoxy) is 1. The Morgan fingerprint density at radius 2 is 2.17 bits per heavy atom. The number of amides is 1. The van der Waals surface area contributed by atoms with Gasteiger partial charge in [0, 0.05) is 18.9 Å². The lowest BCUT2D eigenvalue weighted by molar-refractivity contribution is -0.148. The van der Waals surface area contributed by atoms with Crippen molar-refractivity contribution in [2.45, 2.75) is 13.0 Å². The Kier molecular flexibility index (Phi) is 4.61. The molecule has 1 atom stereocenters. The molecule has 1 aromatic rings. The van der Waals surface area contributed by atoms with Crippen LogP contribution < -0.4 is 5.32 Å². The minimum atomic E-state index is -1.16. The monoisotopic (exact) mass is 254 g/mol. The second-order valence-corrected chi connectivity index (χ2v) is 3.63. The van der Waals surface area contributed by atoms with Crippen LogP contribution in [-0.4, -0.2) is 47.5 Å². The molecule has 3 N–H and O–H groups in total. The number of Topliss-reactive ketones (excluding diaryl/α,β-unsaturated/α-hetero) is 1. The highest BCUT2D eigenvalue weighted by Crippen LogP contribution is 2.04. The molecule has 0 aliphatic rings. The van der Waals surface area contributed by atoms with Crippen molar-refractivity contribution in [3.05, 3.63) is 23.5 Å². The van der Waals surface area contributed by atoms with E-state index in [1.807, 2.05) is 0 Å². The molecule has 0 aliphatic carbocycles. The number of aromatic amines is 1. The number of rotatable bonds is 6. The maximum Gasteiger partial charge on any atom is 0.334 e. The fraction of sp³-hybridized carbons (Fsp3) is 0.364. The molecule has 0 saturated carbocycles. The van der Waals surface area contributed by atoms with Crippen molar-refractivity contribution < 1.29 is 24.2 Å². The number of carboxylic acids is 1. The molecule has 0 radical (unpaired) electrons. The third-order valence-electron chi connectivity index (χ3n) is 2.34. The molecule has 0 fully saturated rings. The maximum atomic E-state index is 11.6. The number of nitrogens with one attached hydrogen (secondary N) is 2. The number of aliphatic carboxylic acids is 1. The lowest BCUT2D eigenvalue weighted by atomic mass is 10.2. The van der Waals surface area contributed by atoms with Crippen LogP contribution in [0.15, 0.2) is 12.3 Å². The average Bonchev–Trinajstić information content (AvgIpc) is 2.78. The number of hydrogen-bond donors (Lipinski definition) is 3. The molecule has 1 unspecified atom stereocenters. The van der Waals surface area contributed by atoms with E-state index < -0.39 is 18.0 Å². The van der Waals surface area contributed by atoms with Gasteiger partial charge in [0.1, 0.15) is 5.69 Å². The lowest BCUT2D eigenvalue weighted by Crippen LogP contribution is -2.37. The van der Waals surface area contributed by atoms with Crippen LogP contribution in [0.4, 0.5) is 0 Å². The summed E-state index contributed by atoms with van der Waals surface area (Å²) in [5.41, 5.74) is 0.585. The molecule has 1 amide bonds. The maximum absolute atomic E-state index is 11.6. The van der Waals surface area contributed by atoms with E-state index in [0.29, 0.717) is 5.56 Å². The molecular weight excluding hydrogens is 240 g/mol. The van der Waals surface area contributed by atoms with Gasteiger partial charge in [-0.05, 0) is 13.0 Å². The molecule has 0 saturated heterocycles. The minimum Gasteiger partial charge on any atom is -0.479 e. The summed E-state index contributed by atoms with van der Waals surface area (Å²) in [6.45, 7) is 1.23. The van der Waals surface area contributed by atoms with Crippen LogP contribution in [-0.2, 0) is 9.53 Å². The number of carbonyl (C=O) groups is 3. The standard InChI is InChI=1S/C11H14N2O5/c1-6(14)7-3-8(12-4-7)10(15)13-5-9(18-2)11(16)17/h3-4,9,12H,5H2,1-2H3,(H,13,15)(H,16,17). The second-order valence-electron chi connectivity index (χ2n) is 3.63. The zero-order valence-corrected chi connectivity index (χ0v) is 10.0. The van der Waals surface area contributed by atoms with Gasteiger partial charge in [0.15, 0.2) is 11.9 Å². The fourth-order valence-electron chi connectivity index (χ4n) is 1.28. The molecule has 0 spiro atoms. The quantitative estimate of drug-likeness (QED) is 0.621. The van der Waals surface area contributed by atoms with Crippen LogP contribution in [0, 0.1) is 0 Å². The Hall–Kier alpha value is -2.15. The van der Waals surface area contributed by atoms with Gasteiger partial charge < -0.3 is 20.1 Å². The third kappa shape index (κ3) is 3.42. The highest BCUT2D eigenvalue weighted by atomic mass is 16.5. The van der Waals surface area contributed by atoms with E-state index in [0.717, 1.165) is 0 Å². The summed E-state index contributed by atoms with van der Waals surface area (Å²) < 4.78 is 4.66. The third-order valence-corrected chi connectivity index (χ3v) is 2.34. The van der Waals surface area contributed by atoms with E-state index in [9.17, 15) is 14.4 Å². The van der Waals surface area contributed by atoms with Crippen LogP contribution in [0.3, 0.4) is 0 Å². The molecule has 7 nitrogen and oxygen atoms in total. The molecule has 7 heteroatoms. The van der Waals surface area contributed by atoms with Crippen molar-refractivity contribution >= 4 is 17.7 Å². The Morgan fingerprint density at radius 3 is 2.61 bits per heavy atom. The Labute approximate surface area is 103 Å². The number of hydrogen-bond acceptors (Lipinski definition) is 4. The molecule has 0 bridgehead atoms. The van der Waals surface area contributed by atoms with E-state index in [2.05, 4.69) is 15.0 Å². The molecule has 0 aliphatic heterocycles. The number of ketones is 1. The van der Waals surface area contributed by atoms with Gasteiger partial charge in [-0.1, -0.05) is 0 Å². The lowest BCUT2D eigenvalue weighted by Gasteiger charge is -2.10. The average molecular weight is 254 g/mol. The smallest absolute Gasteiger partial charge is 0.334 e. The largest absolute Gasteiger partial charge is 0.479 e. The normalized spacial score (nSPS) is 11.9. The minimum absolute atomic E-state index is 0.154. The summed E-state index contributed by atoms with van der Waals surface area (Å²) in [5, 5.41) is 11.1. The van der Waals surface area contributed by atoms with Gasteiger partial charge in [-0.3, -0.25) is 9.59 Å². The summed E-state index contributed by atoms with van der Waals surface area (Å²) in [6.07, 6.45) is 0.318.